The molecule has 0 amide bonds. The Bertz CT molecular complexity index is 809. The number of benzene rings is 1. The molecule has 0 atom stereocenters. The molecule has 0 spiro atoms. The van der Waals surface area contributed by atoms with E-state index in [4.69, 9.17) is 8.83 Å². The summed E-state index contributed by atoms with van der Waals surface area (Å²) in [5.74, 6) is 0.767. The van der Waals surface area contributed by atoms with Gasteiger partial charge >= 0.3 is 0 Å². The van der Waals surface area contributed by atoms with Gasteiger partial charge in [-0.3, -0.25) is 4.98 Å². The Balaban J connectivity index is 2.04. The number of para-hydroxylation sites is 1. The highest BCUT2D eigenvalue weighted by molar-refractivity contribution is 5.93. The van der Waals surface area contributed by atoms with E-state index < -0.39 is 0 Å². The summed E-state index contributed by atoms with van der Waals surface area (Å²) in [7, 11) is 0. The lowest BCUT2D eigenvalue weighted by Gasteiger charge is -1.96. The fourth-order valence-electron chi connectivity index (χ4n) is 2.19. The largest absolute Gasteiger partial charge is 0.464 e. The summed E-state index contributed by atoms with van der Waals surface area (Å²) in [6, 6.07) is 13.7. The SMILES string of the molecule is c1ccc2oc(-c3nccc4occc34)cc2c1. The molecule has 0 saturated heterocycles. The van der Waals surface area contributed by atoms with Crippen molar-refractivity contribution >= 4 is 21.9 Å². The molecule has 0 bridgehead atoms. The van der Waals surface area contributed by atoms with Crippen molar-refractivity contribution in [3.8, 4) is 11.5 Å². The standard InChI is InChI=1S/C15H9NO2/c1-2-4-12-10(3-1)9-14(18-12)15-11-6-8-17-13(11)5-7-16-15/h1-9H. The molecule has 0 N–H and O–H groups in total. The Morgan fingerprint density at radius 1 is 0.944 bits per heavy atom. The highest BCUT2D eigenvalue weighted by Gasteiger charge is 2.11. The van der Waals surface area contributed by atoms with Gasteiger partial charge in [0.1, 0.15) is 16.9 Å². The van der Waals surface area contributed by atoms with E-state index in [1.165, 1.54) is 0 Å². The molecule has 0 unspecified atom stereocenters. The van der Waals surface area contributed by atoms with Gasteiger partial charge in [-0.2, -0.15) is 0 Å². The average Bonchev–Trinajstić information content (AvgIpc) is 3.04. The van der Waals surface area contributed by atoms with Crippen molar-refractivity contribution in [1.29, 1.82) is 0 Å². The second-order valence-electron chi connectivity index (χ2n) is 4.14. The van der Waals surface area contributed by atoms with Crippen molar-refractivity contribution in [2.45, 2.75) is 0 Å². The Morgan fingerprint density at radius 2 is 1.89 bits per heavy atom. The van der Waals surface area contributed by atoms with Crippen LogP contribution in [0.1, 0.15) is 0 Å². The first-order chi connectivity index (χ1) is 8.92. The van der Waals surface area contributed by atoms with Crippen LogP contribution in [-0.2, 0) is 0 Å². The molecule has 86 valence electrons. The van der Waals surface area contributed by atoms with Gasteiger partial charge in [-0.25, -0.2) is 0 Å². The molecule has 18 heavy (non-hydrogen) atoms. The van der Waals surface area contributed by atoms with E-state index in [0.717, 1.165) is 33.4 Å². The van der Waals surface area contributed by atoms with Crippen LogP contribution in [0.5, 0.6) is 0 Å². The van der Waals surface area contributed by atoms with Crippen LogP contribution in [0.25, 0.3) is 33.4 Å². The molecule has 0 radical (unpaired) electrons. The third kappa shape index (κ3) is 1.27. The molecular weight excluding hydrogens is 226 g/mol. The summed E-state index contributed by atoms with van der Waals surface area (Å²) >= 11 is 0. The van der Waals surface area contributed by atoms with Crippen LogP contribution in [0.15, 0.2) is 63.8 Å². The number of nitrogens with zero attached hydrogens (tertiary/aromatic N) is 1. The maximum Gasteiger partial charge on any atom is 0.154 e. The van der Waals surface area contributed by atoms with Gasteiger partial charge in [0, 0.05) is 17.0 Å². The summed E-state index contributed by atoms with van der Waals surface area (Å²) in [6.45, 7) is 0. The summed E-state index contributed by atoms with van der Waals surface area (Å²) in [5.41, 5.74) is 2.51. The summed E-state index contributed by atoms with van der Waals surface area (Å²) in [5, 5.41) is 2.05. The Kier molecular flexibility index (Phi) is 1.83. The molecular formula is C15H9NO2. The van der Waals surface area contributed by atoms with Gasteiger partial charge in [0.05, 0.1) is 6.26 Å². The topological polar surface area (TPSA) is 39.2 Å². The monoisotopic (exact) mass is 235 g/mol. The zero-order chi connectivity index (χ0) is 11.9. The van der Waals surface area contributed by atoms with Crippen molar-refractivity contribution in [2.75, 3.05) is 0 Å². The first-order valence-corrected chi connectivity index (χ1v) is 5.73. The number of aromatic nitrogens is 1. The second-order valence-corrected chi connectivity index (χ2v) is 4.14. The number of rotatable bonds is 1. The lowest BCUT2D eigenvalue weighted by atomic mass is 10.2. The lowest BCUT2D eigenvalue weighted by molar-refractivity contribution is 0.614. The Labute approximate surface area is 103 Å². The molecule has 3 nitrogen and oxygen atoms in total. The Morgan fingerprint density at radius 3 is 2.83 bits per heavy atom. The van der Waals surface area contributed by atoms with Crippen molar-refractivity contribution < 1.29 is 8.83 Å². The predicted octanol–water partition coefficient (Wildman–Crippen LogP) is 4.24. The number of pyridine rings is 1. The molecule has 4 rings (SSSR count). The number of furan rings is 2. The molecule has 3 heterocycles. The summed E-state index contributed by atoms with van der Waals surface area (Å²) in [4.78, 5) is 4.39. The fourth-order valence-corrected chi connectivity index (χ4v) is 2.19. The quantitative estimate of drug-likeness (QED) is 0.495. The first kappa shape index (κ1) is 9.48. The van der Waals surface area contributed by atoms with E-state index in [-0.39, 0.29) is 0 Å². The van der Waals surface area contributed by atoms with Crippen molar-refractivity contribution in [1.82, 2.24) is 4.98 Å². The predicted molar refractivity (Wildman–Crippen MR) is 69.2 cm³/mol. The molecule has 0 aliphatic carbocycles. The smallest absolute Gasteiger partial charge is 0.154 e. The van der Waals surface area contributed by atoms with Crippen LogP contribution in [0.3, 0.4) is 0 Å². The normalized spacial score (nSPS) is 11.3. The number of hydrogen-bond acceptors (Lipinski definition) is 3. The molecule has 0 saturated carbocycles. The van der Waals surface area contributed by atoms with Crippen molar-refractivity contribution in [3.05, 3.63) is 54.9 Å². The van der Waals surface area contributed by atoms with E-state index in [9.17, 15) is 0 Å². The third-order valence-electron chi connectivity index (χ3n) is 3.04. The van der Waals surface area contributed by atoms with E-state index in [2.05, 4.69) is 4.98 Å². The van der Waals surface area contributed by atoms with Gasteiger partial charge in [-0.1, -0.05) is 18.2 Å². The lowest BCUT2D eigenvalue weighted by Crippen LogP contribution is -1.80. The maximum absolute atomic E-state index is 5.83. The molecule has 0 fully saturated rings. The highest BCUT2D eigenvalue weighted by Crippen LogP contribution is 2.31. The average molecular weight is 235 g/mol. The van der Waals surface area contributed by atoms with E-state index in [0.29, 0.717) is 0 Å². The minimum atomic E-state index is 0.767. The van der Waals surface area contributed by atoms with Crippen molar-refractivity contribution in [3.63, 3.8) is 0 Å². The molecule has 0 aliphatic heterocycles. The van der Waals surface area contributed by atoms with Crippen LogP contribution in [0.4, 0.5) is 0 Å². The molecule has 0 aliphatic rings. The zero-order valence-corrected chi connectivity index (χ0v) is 9.46. The van der Waals surface area contributed by atoms with Crippen LogP contribution in [-0.4, -0.2) is 4.98 Å². The van der Waals surface area contributed by atoms with Gasteiger partial charge in [-0.15, -0.1) is 0 Å². The number of hydrogen-bond donors (Lipinski definition) is 0. The Hall–Kier alpha value is -2.55. The molecule has 3 aromatic heterocycles. The van der Waals surface area contributed by atoms with Crippen LogP contribution < -0.4 is 0 Å². The van der Waals surface area contributed by atoms with Gasteiger partial charge < -0.3 is 8.83 Å². The third-order valence-corrected chi connectivity index (χ3v) is 3.04. The summed E-state index contributed by atoms with van der Waals surface area (Å²) in [6.07, 6.45) is 3.40. The van der Waals surface area contributed by atoms with Crippen LogP contribution in [0, 0.1) is 0 Å². The van der Waals surface area contributed by atoms with Crippen LogP contribution in [0.2, 0.25) is 0 Å². The second kappa shape index (κ2) is 3.47. The van der Waals surface area contributed by atoms with E-state index >= 15 is 0 Å². The summed E-state index contributed by atoms with van der Waals surface area (Å²) < 4.78 is 11.2. The molecule has 3 heteroatoms. The van der Waals surface area contributed by atoms with Gasteiger partial charge in [0.25, 0.3) is 0 Å². The van der Waals surface area contributed by atoms with E-state index in [1.54, 1.807) is 12.5 Å². The van der Waals surface area contributed by atoms with Gasteiger partial charge in [0.2, 0.25) is 0 Å². The maximum atomic E-state index is 5.83. The molecule has 1 aromatic carbocycles. The highest BCUT2D eigenvalue weighted by atomic mass is 16.3. The van der Waals surface area contributed by atoms with Crippen molar-refractivity contribution in [2.24, 2.45) is 0 Å². The van der Waals surface area contributed by atoms with E-state index in [1.807, 2.05) is 42.5 Å². The fraction of sp³-hybridized carbons (Fsp3) is 0. The van der Waals surface area contributed by atoms with Crippen LogP contribution >= 0.6 is 0 Å². The minimum absolute atomic E-state index is 0.767. The first-order valence-electron chi connectivity index (χ1n) is 5.73. The number of fused-ring (bicyclic) bond motifs is 2. The molecule has 4 aromatic rings. The van der Waals surface area contributed by atoms with Gasteiger partial charge in [0.15, 0.2) is 5.76 Å². The zero-order valence-electron chi connectivity index (χ0n) is 9.46. The van der Waals surface area contributed by atoms with Gasteiger partial charge in [-0.05, 0) is 24.3 Å². The minimum Gasteiger partial charge on any atom is -0.464 e.